The Morgan fingerprint density at radius 3 is 2.22 bits per heavy atom. The Bertz CT molecular complexity index is 545. The highest BCUT2D eigenvalue weighted by Crippen LogP contribution is 2.21. The molecule has 1 rings (SSSR count). The molecule has 0 spiro atoms. The van der Waals surface area contributed by atoms with Crippen molar-refractivity contribution in [2.75, 3.05) is 10.0 Å². The van der Waals surface area contributed by atoms with E-state index in [0.29, 0.717) is 11.4 Å². The summed E-state index contributed by atoms with van der Waals surface area (Å²) in [7, 11) is -3.46. The van der Waals surface area contributed by atoms with Crippen molar-refractivity contribution in [2.45, 2.75) is 32.4 Å². The Kier molecular flexibility index (Phi) is 4.01. The fraction of sp³-hybridized carbons (Fsp3) is 0.417. The normalized spacial score (nSPS) is 12.0. The van der Waals surface area contributed by atoms with Crippen molar-refractivity contribution >= 4 is 27.3 Å². The number of nitrogens with one attached hydrogen (secondary N) is 2. The zero-order valence-electron chi connectivity index (χ0n) is 10.9. The van der Waals surface area contributed by atoms with Gasteiger partial charge in [0.2, 0.25) is 15.9 Å². The molecule has 1 aromatic carbocycles. The maximum Gasteiger partial charge on any atom is 0.237 e. The molecule has 0 heterocycles. The summed E-state index contributed by atoms with van der Waals surface area (Å²) in [5, 5.41) is 2.60. The third-order valence-corrected chi connectivity index (χ3v) is 4.36. The van der Waals surface area contributed by atoms with Crippen LogP contribution in [0.4, 0.5) is 11.4 Å². The van der Waals surface area contributed by atoms with Crippen LogP contribution in [0.5, 0.6) is 0 Å². The summed E-state index contributed by atoms with van der Waals surface area (Å²) in [4.78, 5) is 10.9. The van der Waals surface area contributed by atoms with E-state index in [9.17, 15) is 13.2 Å². The van der Waals surface area contributed by atoms with E-state index >= 15 is 0 Å². The van der Waals surface area contributed by atoms with Gasteiger partial charge >= 0.3 is 0 Å². The van der Waals surface area contributed by atoms with Crippen molar-refractivity contribution in [1.82, 2.24) is 0 Å². The number of carbonyl (C=O) groups excluding carboxylic acids is 1. The van der Waals surface area contributed by atoms with Gasteiger partial charge in [-0.1, -0.05) is 6.07 Å². The second kappa shape index (κ2) is 4.97. The van der Waals surface area contributed by atoms with E-state index in [2.05, 4.69) is 10.0 Å². The topological polar surface area (TPSA) is 75.3 Å². The molecule has 0 saturated heterocycles. The molecule has 0 atom stereocenters. The molecule has 6 heteroatoms. The van der Waals surface area contributed by atoms with Gasteiger partial charge in [-0.05, 0) is 39.0 Å². The standard InChI is InChI=1S/C12H18N2O3S/c1-9(15)13-10-6-5-7-11(8-10)14-18(16,17)12(2,3)4/h5-8,14H,1-4H3,(H,13,15). The third-order valence-electron chi connectivity index (χ3n) is 2.24. The molecule has 0 fully saturated rings. The fourth-order valence-corrected chi connectivity index (χ4v) is 1.92. The Morgan fingerprint density at radius 1 is 1.17 bits per heavy atom. The van der Waals surface area contributed by atoms with Crippen LogP contribution in [-0.2, 0) is 14.8 Å². The van der Waals surface area contributed by atoms with E-state index in [0.717, 1.165) is 0 Å². The van der Waals surface area contributed by atoms with E-state index in [4.69, 9.17) is 0 Å². The first-order chi connectivity index (χ1) is 8.12. The van der Waals surface area contributed by atoms with Crippen molar-refractivity contribution < 1.29 is 13.2 Å². The van der Waals surface area contributed by atoms with Crippen LogP contribution in [0, 0.1) is 0 Å². The number of hydrogen-bond donors (Lipinski definition) is 2. The minimum Gasteiger partial charge on any atom is -0.326 e. The van der Waals surface area contributed by atoms with Crippen LogP contribution >= 0.6 is 0 Å². The van der Waals surface area contributed by atoms with Crippen LogP contribution in [0.15, 0.2) is 24.3 Å². The van der Waals surface area contributed by atoms with Crippen LogP contribution in [0.2, 0.25) is 0 Å². The second-order valence-corrected chi connectivity index (χ2v) is 7.42. The quantitative estimate of drug-likeness (QED) is 0.884. The molecule has 0 bridgehead atoms. The summed E-state index contributed by atoms with van der Waals surface area (Å²) in [6.07, 6.45) is 0. The van der Waals surface area contributed by atoms with Gasteiger partial charge in [0.1, 0.15) is 0 Å². The zero-order valence-corrected chi connectivity index (χ0v) is 11.8. The van der Waals surface area contributed by atoms with E-state index in [-0.39, 0.29) is 5.91 Å². The van der Waals surface area contributed by atoms with Crippen LogP contribution in [0.1, 0.15) is 27.7 Å². The number of sulfonamides is 1. The van der Waals surface area contributed by atoms with E-state index < -0.39 is 14.8 Å². The van der Waals surface area contributed by atoms with E-state index in [1.54, 1.807) is 45.0 Å². The molecule has 18 heavy (non-hydrogen) atoms. The molecule has 0 aliphatic rings. The molecule has 0 saturated carbocycles. The number of carbonyl (C=O) groups is 1. The minimum atomic E-state index is -3.46. The SMILES string of the molecule is CC(=O)Nc1cccc(NS(=O)(=O)C(C)(C)C)c1. The summed E-state index contributed by atoms with van der Waals surface area (Å²) in [5.74, 6) is -0.203. The Balaban J connectivity index is 2.96. The largest absolute Gasteiger partial charge is 0.326 e. The first kappa shape index (κ1) is 14.5. The fourth-order valence-electron chi connectivity index (χ4n) is 1.17. The second-order valence-electron chi connectivity index (χ2n) is 4.98. The van der Waals surface area contributed by atoms with Gasteiger partial charge in [0.05, 0.1) is 10.4 Å². The van der Waals surface area contributed by atoms with Gasteiger partial charge in [-0.3, -0.25) is 9.52 Å². The monoisotopic (exact) mass is 270 g/mol. The van der Waals surface area contributed by atoms with Gasteiger partial charge in [-0.15, -0.1) is 0 Å². The summed E-state index contributed by atoms with van der Waals surface area (Å²) in [6, 6.07) is 6.57. The molecule has 0 aromatic heterocycles. The first-order valence-electron chi connectivity index (χ1n) is 5.52. The molecule has 2 N–H and O–H groups in total. The van der Waals surface area contributed by atoms with Crippen LogP contribution in [-0.4, -0.2) is 19.1 Å². The lowest BCUT2D eigenvalue weighted by atomic mass is 10.3. The lowest BCUT2D eigenvalue weighted by Gasteiger charge is -2.20. The van der Waals surface area contributed by atoms with Gasteiger partial charge in [0.25, 0.3) is 0 Å². The Labute approximate surface area is 108 Å². The maximum atomic E-state index is 12.0. The molecular formula is C12H18N2O3S. The predicted octanol–water partition coefficient (Wildman–Crippen LogP) is 2.19. The number of amides is 1. The van der Waals surface area contributed by atoms with Crippen molar-refractivity contribution in [1.29, 1.82) is 0 Å². The zero-order chi connectivity index (χ0) is 14.0. The van der Waals surface area contributed by atoms with Crippen molar-refractivity contribution in [3.05, 3.63) is 24.3 Å². The molecule has 0 aliphatic carbocycles. The van der Waals surface area contributed by atoms with E-state index in [1.807, 2.05) is 0 Å². The molecule has 0 radical (unpaired) electrons. The molecule has 100 valence electrons. The summed E-state index contributed by atoms with van der Waals surface area (Å²) >= 11 is 0. The van der Waals surface area contributed by atoms with Gasteiger partial charge in [0.15, 0.2) is 0 Å². The van der Waals surface area contributed by atoms with Gasteiger partial charge in [-0.25, -0.2) is 8.42 Å². The molecular weight excluding hydrogens is 252 g/mol. The predicted molar refractivity (Wildman–Crippen MR) is 73.0 cm³/mol. The molecule has 1 amide bonds. The molecule has 0 unspecified atom stereocenters. The van der Waals surface area contributed by atoms with Gasteiger partial charge < -0.3 is 5.32 Å². The van der Waals surface area contributed by atoms with Crippen molar-refractivity contribution in [2.24, 2.45) is 0 Å². The number of benzene rings is 1. The Morgan fingerprint density at radius 2 is 1.72 bits per heavy atom. The lowest BCUT2D eigenvalue weighted by Crippen LogP contribution is -2.33. The first-order valence-corrected chi connectivity index (χ1v) is 7.00. The summed E-state index contributed by atoms with van der Waals surface area (Å²) < 4.78 is 25.5. The van der Waals surface area contributed by atoms with Crippen molar-refractivity contribution in [3.63, 3.8) is 0 Å². The minimum absolute atomic E-state index is 0.203. The Hall–Kier alpha value is -1.56. The van der Waals surface area contributed by atoms with Crippen LogP contribution < -0.4 is 10.0 Å². The number of rotatable bonds is 3. The average Bonchev–Trinajstić information content (AvgIpc) is 2.14. The van der Waals surface area contributed by atoms with Gasteiger partial charge in [-0.2, -0.15) is 0 Å². The molecule has 5 nitrogen and oxygen atoms in total. The highest BCUT2D eigenvalue weighted by Gasteiger charge is 2.28. The highest BCUT2D eigenvalue weighted by molar-refractivity contribution is 7.94. The number of hydrogen-bond acceptors (Lipinski definition) is 3. The van der Waals surface area contributed by atoms with Gasteiger partial charge in [0, 0.05) is 12.6 Å². The van der Waals surface area contributed by atoms with Crippen LogP contribution in [0.3, 0.4) is 0 Å². The summed E-state index contributed by atoms with van der Waals surface area (Å²) in [5.41, 5.74) is 0.979. The third kappa shape index (κ3) is 3.73. The lowest BCUT2D eigenvalue weighted by molar-refractivity contribution is -0.114. The molecule has 1 aromatic rings. The van der Waals surface area contributed by atoms with Crippen molar-refractivity contribution in [3.8, 4) is 0 Å². The maximum absolute atomic E-state index is 12.0. The van der Waals surface area contributed by atoms with E-state index in [1.165, 1.54) is 6.92 Å². The molecule has 0 aliphatic heterocycles. The smallest absolute Gasteiger partial charge is 0.237 e. The average molecular weight is 270 g/mol. The van der Waals surface area contributed by atoms with Crippen LogP contribution in [0.25, 0.3) is 0 Å². The summed E-state index contributed by atoms with van der Waals surface area (Å²) in [6.45, 7) is 6.25. The number of anilines is 2. The highest BCUT2D eigenvalue weighted by atomic mass is 32.2.